The van der Waals surface area contributed by atoms with E-state index in [-0.39, 0.29) is 72.9 Å². The first-order valence-electron chi connectivity index (χ1n) is 26.7. The lowest BCUT2D eigenvalue weighted by Gasteiger charge is -2.30. The zero-order chi connectivity index (χ0) is 57.8. The highest BCUT2D eigenvalue weighted by Crippen LogP contribution is 2.24. The summed E-state index contributed by atoms with van der Waals surface area (Å²) in [7, 11) is -7.98. The fourth-order valence-electron chi connectivity index (χ4n) is 8.82. The number of aromatic amines is 1. The summed E-state index contributed by atoms with van der Waals surface area (Å²) in [4.78, 5) is 44.8. The van der Waals surface area contributed by atoms with Gasteiger partial charge in [-0.2, -0.15) is 8.61 Å². The molecule has 10 N–H and O–H groups in total. The lowest BCUT2D eigenvalue weighted by atomic mass is 10.0. The quantitative estimate of drug-likeness (QED) is 0.0355. The number of nitrogens with two attached hydrogens (primary N) is 2. The number of ether oxygens (including phenoxy) is 4. The van der Waals surface area contributed by atoms with Gasteiger partial charge in [-0.25, -0.2) is 31.4 Å². The number of hydrogen-bond acceptors (Lipinski definition) is 16. The van der Waals surface area contributed by atoms with E-state index in [1.807, 2.05) is 88.4 Å². The minimum absolute atomic E-state index is 0.0108. The molecule has 24 heteroatoms. The molecule has 3 heterocycles. The highest BCUT2D eigenvalue weighted by atomic mass is 32.2. The molecule has 22 nitrogen and oxygen atoms in total. The molecule has 5 aromatic rings. The van der Waals surface area contributed by atoms with Crippen LogP contribution in [0.5, 0.6) is 0 Å². The van der Waals surface area contributed by atoms with Crippen molar-refractivity contribution in [3.05, 3.63) is 139 Å². The van der Waals surface area contributed by atoms with Gasteiger partial charge >= 0.3 is 12.2 Å². The van der Waals surface area contributed by atoms with Gasteiger partial charge in [0.15, 0.2) is 0 Å². The summed E-state index contributed by atoms with van der Waals surface area (Å²) in [6.07, 6.45) is 0.560. The normalized spacial score (nSPS) is 17.5. The molecule has 0 saturated carbocycles. The Balaban J connectivity index is 0.000000266. The number of carbonyl (C=O) groups excluding carboxylic acids is 3. The third-order valence-electron chi connectivity index (χ3n) is 13.0. The van der Waals surface area contributed by atoms with E-state index in [1.54, 1.807) is 6.20 Å². The fraction of sp³-hybridized carbons (Fsp3) is 0.464. The Labute approximate surface area is 469 Å². The number of nitrogens with zero attached hydrogens (tertiary/aromatic N) is 3. The number of nitrogens with one attached hydrogen (secondary N) is 4. The fourth-order valence-corrected chi connectivity index (χ4v) is 12.1. The topological polar surface area (TPSA) is 320 Å². The number of carbonyl (C=O) groups is 3. The molecule has 4 aromatic carbocycles. The number of aliphatic hydroxyl groups is 2. The Kier molecular flexibility index (Phi) is 23.8. The van der Waals surface area contributed by atoms with Crippen molar-refractivity contribution in [2.75, 3.05) is 63.7 Å². The molecular weight excluding hydrogens is 1070 g/mol. The maximum Gasteiger partial charge on any atom is 0.407 e. The van der Waals surface area contributed by atoms with Gasteiger partial charge < -0.3 is 61.6 Å². The van der Waals surface area contributed by atoms with Gasteiger partial charge in [-0.05, 0) is 84.3 Å². The third-order valence-corrected chi connectivity index (χ3v) is 16.7. The second-order valence-corrected chi connectivity index (χ2v) is 24.6. The highest BCUT2D eigenvalue weighted by molar-refractivity contribution is 7.89. The van der Waals surface area contributed by atoms with E-state index in [0.717, 1.165) is 11.1 Å². The molecule has 0 aliphatic carbocycles. The van der Waals surface area contributed by atoms with Gasteiger partial charge in [0, 0.05) is 68.7 Å². The van der Waals surface area contributed by atoms with Crippen molar-refractivity contribution in [2.24, 2.45) is 17.6 Å². The second kappa shape index (κ2) is 30.4. The van der Waals surface area contributed by atoms with Crippen molar-refractivity contribution < 1.29 is 60.4 Å². The van der Waals surface area contributed by atoms with Crippen LogP contribution in [0.25, 0.3) is 0 Å². The smallest absolute Gasteiger partial charge is 0.407 e. The number of imidazole rings is 1. The number of benzene rings is 4. The van der Waals surface area contributed by atoms with E-state index in [1.165, 1.54) is 63.5 Å². The molecule has 2 aliphatic rings. The molecule has 7 rings (SSSR count). The first kappa shape index (κ1) is 62.7. The number of hydrogen-bond donors (Lipinski definition) is 8. The average molecular weight is 1150 g/mol. The van der Waals surface area contributed by atoms with Crippen LogP contribution >= 0.6 is 0 Å². The van der Waals surface area contributed by atoms with E-state index in [2.05, 4.69) is 25.9 Å². The first-order valence-corrected chi connectivity index (χ1v) is 29.6. The zero-order valence-corrected chi connectivity index (χ0v) is 47.3. The van der Waals surface area contributed by atoms with Crippen LogP contribution in [-0.2, 0) is 63.1 Å². The van der Waals surface area contributed by atoms with Crippen LogP contribution in [0.1, 0.15) is 57.4 Å². The van der Waals surface area contributed by atoms with Crippen LogP contribution in [0.15, 0.2) is 132 Å². The van der Waals surface area contributed by atoms with Crippen molar-refractivity contribution in [1.29, 1.82) is 0 Å². The van der Waals surface area contributed by atoms with Gasteiger partial charge in [-0.3, -0.25) is 4.79 Å². The SMILES string of the molecule is CC(C)CN(C[C@@H](O)[C@H](Cc1ccccc1)NC(=O)O[C@H]1CCOC1)S(=O)(=O)c1ccc(N)cc1.CC(C)CN(C[C@@H](O)[C@H](Cc1ccccc1)NC(=O)O[C@H]1CCOC1)S(=O)(=O)c1ccc(NC(=O)[C@@H](N)Cc2cnc[nH]2)cc1. The van der Waals surface area contributed by atoms with Gasteiger partial charge in [0.1, 0.15) is 12.2 Å². The number of sulfonamides is 2. The highest BCUT2D eigenvalue weighted by Gasteiger charge is 2.34. The number of nitrogen functional groups attached to an aromatic ring is 1. The molecule has 2 aliphatic heterocycles. The summed E-state index contributed by atoms with van der Waals surface area (Å²) in [5.74, 6) is -0.478. The maximum absolute atomic E-state index is 13.8. The molecule has 1 aromatic heterocycles. The van der Waals surface area contributed by atoms with Crippen LogP contribution in [0, 0.1) is 11.8 Å². The predicted molar refractivity (Wildman–Crippen MR) is 301 cm³/mol. The molecule has 436 valence electrons. The van der Waals surface area contributed by atoms with E-state index in [4.69, 9.17) is 30.4 Å². The third kappa shape index (κ3) is 19.7. The molecule has 3 amide bonds. The molecular formula is C56H77N9O13S2. The number of rotatable bonds is 26. The minimum atomic E-state index is -4.08. The van der Waals surface area contributed by atoms with Crippen molar-refractivity contribution >= 4 is 49.5 Å². The molecule has 2 saturated heterocycles. The zero-order valence-electron chi connectivity index (χ0n) is 45.6. The van der Waals surface area contributed by atoms with Crippen LogP contribution in [0.2, 0.25) is 0 Å². The van der Waals surface area contributed by atoms with Crippen molar-refractivity contribution in [3.63, 3.8) is 0 Å². The molecule has 0 bridgehead atoms. The number of aliphatic hydroxyl groups excluding tert-OH is 2. The molecule has 0 unspecified atom stereocenters. The van der Waals surface area contributed by atoms with E-state index in [0.29, 0.717) is 62.8 Å². The van der Waals surface area contributed by atoms with Crippen molar-refractivity contribution in [3.8, 4) is 0 Å². The van der Waals surface area contributed by atoms with Gasteiger partial charge in [0.05, 0.1) is 72.9 Å². The summed E-state index contributed by atoms with van der Waals surface area (Å²) in [5.41, 5.74) is 15.0. The van der Waals surface area contributed by atoms with E-state index < -0.39 is 68.5 Å². The summed E-state index contributed by atoms with van der Waals surface area (Å²) >= 11 is 0. The summed E-state index contributed by atoms with van der Waals surface area (Å²) in [6, 6.07) is 27.9. The molecule has 2 fully saturated rings. The molecule has 0 spiro atoms. The molecule has 0 radical (unpaired) electrons. The molecule has 80 heavy (non-hydrogen) atoms. The van der Waals surface area contributed by atoms with Gasteiger partial charge in [0.25, 0.3) is 0 Å². The molecule has 7 atom stereocenters. The van der Waals surface area contributed by atoms with Crippen molar-refractivity contribution in [2.45, 2.75) is 112 Å². The largest absolute Gasteiger partial charge is 0.444 e. The average Bonchev–Trinajstić information content (AvgIpc) is 4.27. The Bertz CT molecular complexity index is 2900. The van der Waals surface area contributed by atoms with Gasteiger partial charge in [0.2, 0.25) is 26.0 Å². The minimum Gasteiger partial charge on any atom is -0.444 e. The summed E-state index contributed by atoms with van der Waals surface area (Å²) in [5, 5.41) is 30.8. The first-order chi connectivity index (χ1) is 38.2. The second-order valence-electron chi connectivity index (χ2n) is 20.7. The standard InChI is InChI=1S/C31H42N6O7S.C25H35N3O6S/c1-21(2)17-37(18-29(38)28(14-22-6-4-3-5-7-22)36-31(40)44-25-12-13-43-19-25)45(41,42)26-10-8-23(9-11-26)35-30(39)27(32)15-24-16-33-20-34-24;1-18(2)15-28(35(31,32)22-10-8-20(26)9-11-22)16-24(29)23(14-19-6-4-3-5-7-19)27-25(30)34-21-12-13-33-17-21/h3-11,16,20-21,25,27-29,38H,12-15,17-19,32H2,1-2H3,(H,33,34)(H,35,39)(H,36,40);3-11,18,21,23-24,29H,12-17,26H2,1-2H3,(H,27,30)/t25-,27-,28-,29+;21-,23-,24+/m00/s1. The Morgan fingerprint density at radius 1 is 0.662 bits per heavy atom. The Hall–Kier alpha value is -6.48. The van der Waals surface area contributed by atoms with Crippen LogP contribution in [0.4, 0.5) is 21.0 Å². The lowest BCUT2D eigenvalue weighted by molar-refractivity contribution is -0.117. The van der Waals surface area contributed by atoms with E-state index >= 15 is 0 Å². The number of aromatic nitrogens is 2. The van der Waals surface area contributed by atoms with Crippen LogP contribution < -0.4 is 27.4 Å². The van der Waals surface area contributed by atoms with Crippen LogP contribution in [0.3, 0.4) is 0 Å². The summed E-state index contributed by atoms with van der Waals surface area (Å²) < 4.78 is 78.3. The number of anilines is 2. The number of alkyl carbamates (subject to hydrolysis) is 2. The number of amides is 3. The lowest BCUT2D eigenvalue weighted by Crippen LogP contribution is -2.51. The van der Waals surface area contributed by atoms with E-state index in [9.17, 15) is 41.4 Å². The van der Waals surface area contributed by atoms with Crippen LogP contribution in [-0.4, -0.2) is 159 Å². The summed E-state index contributed by atoms with van der Waals surface area (Å²) in [6.45, 7) is 9.08. The monoisotopic (exact) mass is 1150 g/mol. The van der Waals surface area contributed by atoms with Crippen molar-refractivity contribution in [1.82, 2.24) is 29.2 Å². The Morgan fingerprint density at radius 2 is 1.10 bits per heavy atom. The predicted octanol–water partition coefficient (Wildman–Crippen LogP) is 4.46. The Morgan fingerprint density at radius 3 is 1.49 bits per heavy atom. The number of H-pyrrole nitrogens is 1. The maximum atomic E-state index is 13.8. The van der Waals surface area contributed by atoms with Gasteiger partial charge in [-0.15, -0.1) is 0 Å². The van der Waals surface area contributed by atoms with Gasteiger partial charge in [-0.1, -0.05) is 88.4 Å².